The highest BCUT2D eigenvalue weighted by Crippen LogP contribution is 2.15. The third-order valence-electron chi connectivity index (χ3n) is 3.98. The van der Waals surface area contributed by atoms with Gasteiger partial charge >= 0.3 is 5.97 Å². The van der Waals surface area contributed by atoms with Gasteiger partial charge < -0.3 is 15.3 Å². The van der Waals surface area contributed by atoms with Gasteiger partial charge in [-0.15, -0.1) is 0 Å². The van der Waals surface area contributed by atoms with Crippen molar-refractivity contribution in [1.82, 2.24) is 10.2 Å². The van der Waals surface area contributed by atoms with Crippen molar-refractivity contribution < 1.29 is 9.90 Å². The van der Waals surface area contributed by atoms with Gasteiger partial charge in [0.1, 0.15) is 0 Å². The van der Waals surface area contributed by atoms with E-state index in [-0.39, 0.29) is 0 Å². The van der Waals surface area contributed by atoms with E-state index in [4.69, 9.17) is 5.11 Å². The Kier molecular flexibility index (Phi) is 8.84. The fourth-order valence-electron chi connectivity index (χ4n) is 2.72. The van der Waals surface area contributed by atoms with Crippen molar-refractivity contribution in [3.63, 3.8) is 0 Å². The zero-order chi connectivity index (χ0) is 13.9. The van der Waals surface area contributed by atoms with Crippen molar-refractivity contribution in [2.24, 2.45) is 0 Å². The molecule has 0 aliphatic carbocycles. The maximum atomic E-state index is 10.3. The van der Waals surface area contributed by atoms with Crippen LogP contribution in [-0.2, 0) is 4.79 Å². The molecule has 4 nitrogen and oxygen atoms in total. The molecule has 0 amide bonds. The summed E-state index contributed by atoms with van der Waals surface area (Å²) in [6, 6.07) is 0.768. The number of carboxylic acid groups (broad SMARTS) is 1. The number of rotatable bonds is 10. The van der Waals surface area contributed by atoms with Crippen LogP contribution in [0.4, 0.5) is 0 Å². The minimum atomic E-state index is -0.677. The van der Waals surface area contributed by atoms with E-state index >= 15 is 0 Å². The Morgan fingerprint density at radius 1 is 1.21 bits per heavy atom. The van der Waals surface area contributed by atoms with Gasteiger partial charge in [0.05, 0.1) is 0 Å². The normalized spacial score (nSPS) is 20.6. The second kappa shape index (κ2) is 10.2. The molecule has 1 aliphatic rings. The van der Waals surface area contributed by atoms with Crippen molar-refractivity contribution >= 4 is 5.97 Å². The predicted octanol–water partition coefficient (Wildman–Crippen LogP) is 2.49. The molecule has 0 aromatic heterocycles. The number of aliphatic carboxylic acids is 1. The molecular weight excluding hydrogens is 240 g/mol. The zero-order valence-corrected chi connectivity index (χ0v) is 12.4. The molecule has 112 valence electrons. The number of unbranched alkanes of at least 4 members (excludes halogenated alkanes) is 2. The molecule has 1 heterocycles. The molecule has 1 atom stereocenters. The molecule has 0 radical (unpaired) electrons. The highest BCUT2D eigenvalue weighted by molar-refractivity contribution is 5.66. The number of carboxylic acids is 1. The molecule has 0 aromatic rings. The summed E-state index contributed by atoms with van der Waals surface area (Å²) < 4.78 is 0. The quantitative estimate of drug-likeness (QED) is 0.599. The van der Waals surface area contributed by atoms with Gasteiger partial charge in [0.2, 0.25) is 0 Å². The molecule has 1 fully saturated rings. The van der Waals surface area contributed by atoms with Crippen LogP contribution in [0.3, 0.4) is 0 Å². The van der Waals surface area contributed by atoms with Gasteiger partial charge in [-0.2, -0.15) is 0 Å². The van der Waals surface area contributed by atoms with Gasteiger partial charge in [0, 0.05) is 12.5 Å². The molecule has 2 N–H and O–H groups in total. The molecule has 1 unspecified atom stereocenters. The number of likely N-dealkylation sites (tertiary alicyclic amines) is 1. The van der Waals surface area contributed by atoms with Crippen LogP contribution in [0.25, 0.3) is 0 Å². The first kappa shape index (κ1) is 16.4. The third kappa shape index (κ3) is 8.22. The molecule has 0 aromatic carbocycles. The summed E-state index contributed by atoms with van der Waals surface area (Å²) in [5, 5.41) is 12.0. The van der Waals surface area contributed by atoms with Crippen molar-refractivity contribution in [3.05, 3.63) is 0 Å². The molecule has 19 heavy (non-hydrogen) atoms. The lowest BCUT2D eigenvalue weighted by Crippen LogP contribution is -2.38. The highest BCUT2D eigenvalue weighted by atomic mass is 16.4. The third-order valence-corrected chi connectivity index (χ3v) is 3.98. The van der Waals surface area contributed by atoms with Gasteiger partial charge in [-0.3, -0.25) is 4.79 Å². The maximum absolute atomic E-state index is 10.3. The van der Waals surface area contributed by atoms with Crippen LogP contribution < -0.4 is 5.32 Å². The van der Waals surface area contributed by atoms with Crippen LogP contribution >= 0.6 is 0 Å². The van der Waals surface area contributed by atoms with Crippen LogP contribution in [0.1, 0.15) is 58.3 Å². The van der Waals surface area contributed by atoms with Crippen LogP contribution in [0.5, 0.6) is 0 Å². The van der Waals surface area contributed by atoms with E-state index in [9.17, 15) is 4.79 Å². The maximum Gasteiger partial charge on any atom is 0.303 e. The number of piperidine rings is 1. The lowest BCUT2D eigenvalue weighted by Gasteiger charge is -2.33. The summed E-state index contributed by atoms with van der Waals surface area (Å²) in [4.78, 5) is 12.9. The fraction of sp³-hybridized carbons (Fsp3) is 0.933. The average Bonchev–Trinajstić information content (AvgIpc) is 2.38. The second-order valence-electron chi connectivity index (χ2n) is 5.69. The van der Waals surface area contributed by atoms with E-state index in [0.29, 0.717) is 6.42 Å². The monoisotopic (exact) mass is 270 g/mol. The minimum absolute atomic E-state index is 0.312. The Hall–Kier alpha value is -0.610. The van der Waals surface area contributed by atoms with Gasteiger partial charge in [0.15, 0.2) is 0 Å². The van der Waals surface area contributed by atoms with E-state index in [2.05, 4.69) is 17.1 Å². The number of hydrogen-bond donors (Lipinski definition) is 2. The summed E-state index contributed by atoms with van der Waals surface area (Å²) in [7, 11) is 0. The lowest BCUT2D eigenvalue weighted by molar-refractivity contribution is -0.137. The Labute approximate surface area is 117 Å². The number of nitrogens with one attached hydrogen (secondary N) is 1. The van der Waals surface area contributed by atoms with Crippen LogP contribution in [0.15, 0.2) is 0 Å². The SMILES string of the molecule is CC1CCCCN1CCCNCCCCCC(=O)O. The fourth-order valence-corrected chi connectivity index (χ4v) is 2.72. The standard InChI is InChI=1S/C15H30N2O2/c1-14-8-4-6-12-17(14)13-7-11-16-10-5-2-3-9-15(18)19/h14,16H,2-13H2,1H3,(H,18,19). The van der Waals surface area contributed by atoms with Crippen LogP contribution in [-0.4, -0.2) is 48.2 Å². The van der Waals surface area contributed by atoms with Gasteiger partial charge in [-0.1, -0.05) is 12.8 Å². The second-order valence-corrected chi connectivity index (χ2v) is 5.69. The Balaban J connectivity index is 1.84. The highest BCUT2D eigenvalue weighted by Gasteiger charge is 2.16. The lowest BCUT2D eigenvalue weighted by atomic mass is 10.0. The van der Waals surface area contributed by atoms with Crippen LogP contribution in [0.2, 0.25) is 0 Å². The van der Waals surface area contributed by atoms with Crippen molar-refractivity contribution in [2.75, 3.05) is 26.2 Å². The van der Waals surface area contributed by atoms with E-state index in [0.717, 1.165) is 38.4 Å². The van der Waals surface area contributed by atoms with Gasteiger partial charge in [0.25, 0.3) is 0 Å². The molecular formula is C15H30N2O2. The predicted molar refractivity (Wildman–Crippen MR) is 78.5 cm³/mol. The van der Waals surface area contributed by atoms with Crippen molar-refractivity contribution in [2.45, 2.75) is 64.3 Å². The van der Waals surface area contributed by atoms with E-state index in [1.54, 1.807) is 0 Å². The summed E-state index contributed by atoms with van der Waals surface area (Å²) in [5.41, 5.74) is 0. The number of carbonyl (C=O) groups is 1. The Morgan fingerprint density at radius 3 is 2.74 bits per heavy atom. The summed E-state index contributed by atoms with van der Waals surface area (Å²) >= 11 is 0. The largest absolute Gasteiger partial charge is 0.481 e. The first-order valence-corrected chi connectivity index (χ1v) is 7.86. The van der Waals surface area contributed by atoms with E-state index in [1.165, 1.54) is 38.8 Å². The Morgan fingerprint density at radius 2 is 2.00 bits per heavy atom. The van der Waals surface area contributed by atoms with E-state index < -0.39 is 5.97 Å². The zero-order valence-electron chi connectivity index (χ0n) is 12.4. The Bertz CT molecular complexity index is 246. The van der Waals surface area contributed by atoms with Gasteiger partial charge in [-0.25, -0.2) is 0 Å². The molecule has 1 rings (SSSR count). The molecule has 0 saturated carbocycles. The number of hydrogen-bond acceptors (Lipinski definition) is 3. The topological polar surface area (TPSA) is 52.6 Å². The summed E-state index contributed by atoms with van der Waals surface area (Å²) in [6.07, 6.45) is 8.56. The first-order chi connectivity index (χ1) is 9.20. The molecule has 0 bridgehead atoms. The minimum Gasteiger partial charge on any atom is -0.481 e. The molecule has 1 aliphatic heterocycles. The molecule has 4 heteroatoms. The van der Waals surface area contributed by atoms with Crippen LogP contribution in [0, 0.1) is 0 Å². The number of nitrogens with zero attached hydrogens (tertiary/aromatic N) is 1. The van der Waals surface area contributed by atoms with Gasteiger partial charge in [-0.05, 0) is 65.2 Å². The average molecular weight is 270 g/mol. The summed E-state index contributed by atoms with van der Waals surface area (Å²) in [5.74, 6) is -0.677. The van der Waals surface area contributed by atoms with Crippen molar-refractivity contribution in [1.29, 1.82) is 0 Å². The smallest absolute Gasteiger partial charge is 0.303 e. The first-order valence-electron chi connectivity index (χ1n) is 7.86. The van der Waals surface area contributed by atoms with E-state index in [1.807, 2.05) is 0 Å². The van der Waals surface area contributed by atoms with Crippen molar-refractivity contribution in [3.8, 4) is 0 Å². The summed E-state index contributed by atoms with van der Waals surface area (Å²) in [6.45, 7) is 6.94. The molecule has 0 spiro atoms. The molecule has 1 saturated heterocycles.